The van der Waals surface area contributed by atoms with Gasteiger partial charge in [-0.05, 0) is 31.0 Å². The summed E-state index contributed by atoms with van der Waals surface area (Å²) in [7, 11) is 1.59. The Morgan fingerprint density at radius 1 is 1.27 bits per heavy atom. The zero-order valence-electron chi connectivity index (χ0n) is 14.8. The molecule has 1 fully saturated rings. The lowest BCUT2D eigenvalue weighted by Crippen LogP contribution is -2.26. The first-order chi connectivity index (χ1) is 12.7. The normalized spacial score (nSPS) is 16.7. The molecule has 6 heteroatoms. The fourth-order valence-electron chi connectivity index (χ4n) is 3.01. The van der Waals surface area contributed by atoms with E-state index in [0.29, 0.717) is 28.6 Å². The van der Waals surface area contributed by atoms with E-state index in [1.54, 1.807) is 19.2 Å². The summed E-state index contributed by atoms with van der Waals surface area (Å²) < 4.78 is 30.9. The van der Waals surface area contributed by atoms with Crippen LogP contribution in [0.5, 0.6) is 11.5 Å². The molecule has 4 nitrogen and oxygen atoms in total. The van der Waals surface area contributed by atoms with Gasteiger partial charge in [-0.3, -0.25) is 0 Å². The summed E-state index contributed by atoms with van der Waals surface area (Å²) in [5, 5.41) is 3.74. The van der Waals surface area contributed by atoms with Gasteiger partial charge in [-0.25, -0.2) is 4.39 Å². The van der Waals surface area contributed by atoms with E-state index < -0.39 is 0 Å². The van der Waals surface area contributed by atoms with E-state index in [2.05, 4.69) is 5.32 Å². The van der Waals surface area contributed by atoms with Crippen molar-refractivity contribution in [1.29, 1.82) is 0 Å². The molecule has 1 saturated heterocycles. The number of benzene rings is 2. The molecular formula is C20H23ClFNO3. The van der Waals surface area contributed by atoms with E-state index in [9.17, 15) is 4.39 Å². The Balaban J connectivity index is 1.69. The Kier molecular flexibility index (Phi) is 6.72. The summed E-state index contributed by atoms with van der Waals surface area (Å²) in [5.74, 6) is 0.813. The van der Waals surface area contributed by atoms with Crippen LogP contribution >= 0.6 is 11.6 Å². The third-order valence-corrected chi connectivity index (χ3v) is 4.77. The third-order valence-electron chi connectivity index (χ3n) is 4.41. The lowest BCUT2D eigenvalue weighted by atomic mass is 10.1. The Hall–Kier alpha value is -1.82. The van der Waals surface area contributed by atoms with Gasteiger partial charge in [0.1, 0.15) is 12.4 Å². The highest BCUT2D eigenvalue weighted by Gasteiger charge is 2.17. The van der Waals surface area contributed by atoms with E-state index in [1.807, 2.05) is 18.2 Å². The number of ether oxygens (including phenoxy) is 3. The second kappa shape index (κ2) is 9.21. The number of rotatable bonds is 8. The molecule has 0 aromatic heterocycles. The molecule has 2 aromatic carbocycles. The van der Waals surface area contributed by atoms with Crippen molar-refractivity contribution < 1.29 is 18.6 Å². The highest BCUT2D eigenvalue weighted by molar-refractivity contribution is 6.31. The molecule has 0 radical (unpaired) electrons. The predicted molar refractivity (Wildman–Crippen MR) is 99.4 cm³/mol. The molecule has 0 amide bonds. The van der Waals surface area contributed by atoms with Crippen LogP contribution in [0.3, 0.4) is 0 Å². The van der Waals surface area contributed by atoms with Crippen molar-refractivity contribution in [3.8, 4) is 11.5 Å². The summed E-state index contributed by atoms with van der Waals surface area (Å²) >= 11 is 6.09. The van der Waals surface area contributed by atoms with Crippen molar-refractivity contribution in [3.63, 3.8) is 0 Å². The van der Waals surface area contributed by atoms with Crippen LogP contribution in [0.4, 0.5) is 4.39 Å². The molecule has 26 heavy (non-hydrogen) atoms. The average Bonchev–Trinajstić information content (AvgIpc) is 3.15. The Morgan fingerprint density at radius 2 is 2.12 bits per heavy atom. The van der Waals surface area contributed by atoms with E-state index in [1.165, 1.54) is 6.07 Å². The smallest absolute Gasteiger partial charge is 0.166 e. The molecule has 1 heterocycles. The predicted octanol–water partition coefficient (Wildman–Crippen LogP) is 4.34. The monoisotopic (exact) mass is 379 g/mol. The molecule has 0 spiro atoms. The summed E-state index contributed by atoms with van der Waals surface area (Å²) in [5.41, 5.74) is 1.27. The van der Waals surface area contributed by atoms with Crippen LogP contribution in [0.25, 0.3) is 0 Å². The van der Waals surface area contributed by atoms with Gasteiger partial charge in [-0.2, -0.15) is 0 Å². The largest absolute Gasteiger partial charge is 0.493 e. The quantitative estimate of drug-likeness (QED) is 0.740. The fraction of sp³-hybridized carbons (Fsp3) is 0.400. The first kappa shape index (κ1) is 19.0. The maximum atomic E-state index is 14.0. The van der Waals surface area contributed by atoms with Gasteiger partial charge in [0.15, 0.2) is 11.5 Å². The first-order valence-corrected chi connectivity index (χ1v) is 9.10. The van der Waals surface area contributed by atoms with Crippen LogP contribution in [0, 0.1) is 5.82 Å². The minimum absolute atomic E-state index is 0.0324. The van der Waals surface area contributed by atoms with E-state index in [-0.39, 0.29) is 18.5 Å². The van der Waals surface area contributed by atoms with Crippen LogP contribution in [0.1, 0.15) is 24.0 Å². The van der Waals surface area contributed by atoms with E-state index >= 15 is 0 Å². The average molecular weight is 380 g/mol. The van der Waals surface area contributed by atoms with Crippen LogP contribution in [-0.4, -0.2) is 26.4 Å². The van der Waals surface area contributed by atoms with Gasteiger partial charge >= 0.3 is 0 Å². The summed E-state index contributed by atoms with van der Waals surface area (Å²) in [6.07, 6.45) is 2.46. The number of nitrogens with one attached hydrogen (secondary N) is 1. The lowest BCUT2D eigenvalue weighted by molar-refractivity contribution is 0.110. The molecular weight excluding hydrogens is 357 g/mol. The molecule has 1 N–H and O–H groups in total. The summed E-state index contributed by atoms with van der Waals surface area (Å²) in [6.45, 7) is 2.26. The zero-order chi connectivity index (χ0) is 18.4. The zero-order valence-corrected chi connectivity index (χ0v) is 15.5. The van der Waals surface area contributed by atoms with Crippen molar-refractivity contribution in [1.82, 2.24) is 5.32 Å². The van der Waals surface area contributed by atoms with Gasteiger partial charge < -0.3 is 19.5 Å². The van der Waals surface area contributed by atoms with Crippen molar-refractivity contribution in [2.24, 2.45) is 0 Å². The molecule has 2 aromatic rings. The number of methoxy groups -OCH3 is 1. The van der Waals surface area contributed by atoms with Crippen LogP contribution < -0.4 is 14.8 Å². The number of hydrogen-bond donors (Lipinski definition) is 1. The Morgan fingerprint density at radius 3 is 2.85 bits per heavy atom. The van der Waals surface area contributed by atoms with E-state index in [0.717, 1.165) is 31.6 Å². The molecule has 1 atom stereocenters. The van der Waals surface area contributed by atoms with Gasteiger partial charge in [-0.1, -0.05) is 29.8 Å². The fourth-order valence-corrected chi connectivity index (χ4v) is 3.23. The molecule has 0 unspecified atom stereocenters. The molecule has 0 saturated carbocycles. The minimum atomic E-state index is -0.384. The SMILES string of the molecule is COc1cccc(CNC[C@@H]2CCCO2)c1OCc1c(F)cccc1Cl. The standard InChI is InChI=1S/C20H23ClFNO3/c1-24-19-9-2-5-14(11-23-12-15-6-4-10-25-15)20(19)26-13-16-17(21)7-3-8-18(16)22/h2-3,5,7-9,15,23H,4,6,10-13H2,1H3/t15-/m0/s1. The third kappa shape index (κ3) is 4.67. The molecule has 1 aliphatic rings. The number of hydrogen-bond acceptors (Lipinski definition) is 4. The first-order valence-electron chi connectivity index (χ1n) is 8.73. The summed E-state index contributed by atoms with van der Waals surface area (Å²) in [4.78, 5) is 0. The van der Waals surface area contributed by atoms with Gasteiger partial charge in [0.2, 0.25) is 0 Å². The van der Waals surface area contributed by atoms with Crippen molar-refractivity contribution in [2.75, 3.05) is 20.3 Å². The van der Waals surface area contributed by atoms with Crippen molar-refractivity contribution in [3.05, 3.63) is 58.4 Å². The van der Waals surface area contributed by atoms with Gasteiger partial charge in [0.05, 0.1) is 18.2 Å². The number of halogens is 2. The number of para-hydroxylation sites is 1. The summed E-state index contributed by atoms with van der Waals surface area (Å²) in [6, 6.07) is 10.3. The highest BCUT2D eigenvalue weighted by Crippen LogP contribution is 2.32. The minimum Gasteiger partial charge on any atom is -0.493 e. The highest BCUT2D eigenvalue weighted by atomic mass is 35.5. The van der Waals surface area contributed by atoms with Gasteiger partial charge in [0.25, 0.3) is 0 Å². The second-order valence-corrected chi connectivity index (χ2v) is 6.61. The maximum Gasteiger partial charge on any atom is 0.166 e. The maximum absolute atomic E-state index is 14.0. The van der Waals surface area contributed by atoms with Crippen LogP contribution in [-0.2, 0) is 17.9 Å². The molecule has 1 aliphatic heterocycles. The topological polar surface area (TPSA) is 39.7 Å². The van der Waals surface area contributed by atoms with Crippen molar-refractivity contribution in [2.45, 2.75) is 32.1 Å². The van der Waals surface area contributed by atoms with E-state index in [4.69, 9.17) is 25.8 Å². The van der Waals surface area contributed by atoms with Crippen LogP contribution in [0.2, 0.25) is 5.02 Å². The van der Waals surface area contributed by atoms with Crippen LogP contribution in [0.15, 0.2) is 36.4 Å². The van der Waals surface area contributed by atoms with Gasteiger partial charge in [0, 0.05) is 30.8 Å². The molecule has 0 aliphatic carbocycles. The second-order valence-electron chi connectivity index (χ2n) is 6.20. The Labute approximate surface area is 158 Å². The molecule has 3 rings (SSSR count). The molecule has 140 valence electrons. The lowest BCUT2D eigenvalue weighted by Gasteiger charge is -2.17. The molecule has 0 bridgehead atoms. The van der Waals surface area contributed by atoms with Crippen molar-refractivity contribution >= 4 is 11.6 Å². The van der Waals surface area contributed by atoms with Gasteiger partial charge in [-0.15, -0.1) is 0 Å². The Bertz CT molecular complexity index is 715.